The van der Waals surface area contributed by atoms with Gasteiger partial charge in [-0.15, -0.1) is 0 Å². The molecule has 23 heavy (non-hydrogen) atoms. The molecule has 1 aromatic carbocycles. The van der Waals surface area contributed by atoms with Gasteiger partial charge >= 0.3 is 0 Å². The van der Waals surface area contributed by atoms with Gasteiger partial charge in [0.25, 0.3) is 0 Å². The summed E-state index contributed by atoms with van der Waals surface area (Å²) in [5.74, 6) is 1.63. The summed E-state index contributed by atoms with van der Waals surface area (Å²) in [4.78, 5) is 14.4. The average Bonchev–Trinajstić information content (AvgIpc) is 3.07. The molecular formula is C17H26N2O4. The van der Waals surface area contributed by atoms with E-state index in [1.54, 1.807) is 21.3 Å². The maximum absolute atomic E-state index is 12.5. The first-order valence-corrected chi connectivity index (χ1v) is 7.92. The Hall–Kier alpha value is -1.79. The van der Waals surface area contributed by atoms with E-state index in [2.05, 4.69) is 5.32 Å². The van der Waals surface area contributed by atoms with Crippen LogP contribution in [0.3, 0.4) is 0 Å². The zero-order valence-electron chi connectivity index (χ0n) is 14.1. The molecule has 128 valence electrons. The van der Waals surface area contributed by atoms with Gasteiger partial charge in [0.2, 0.25) is 5.91 Å². The Labute approximate surface area is 137 Å². The molecule has 0 aliphatic carbocycles. The van der Waals surface area contributed by atoms with Gasteiger partial charge in [-0.2, -0.15) is 0 Å². The molecule has 0 radical (unpaired) electrons. The summed E-state index contributed by atoms with van der Waals surface area (Å²) in [6, 6.07) is 5.84. The zero-order chi connectivity index (χ0) is 16.7. The number of nitrogens with one attached hydrogen (secondary N) is 1. The van der Waals surface area contributed by atoms with Crippen LogP contribution in [0.15, 0.2) is 18.2 Å². The number of hydrogen-bond acceptors (Lipinski definition) is 5. The molecular weight excluding hydrogens is 296 g/mol. The minimum atomic E-state index is 0.0626. The minimum absolute atomic E-state index is 0.0626. The van der Waals surface area contributed by atoms with Gasteiger partial charge in [0, 0.05) is 31.8 Å². The second-order valence-electron chi connectivity index (χ2n) is 5.52. The van der Waals surface area contributed by atoms with Crippen molar-refractivity contribution >= 4 is 5.91 Å². The molecule has 2 rings (SSSR count). The standard InChI is InChI=1S/C17H26N2O4/c1-21-10-8-18-12-17(20)19-9-4-5-15(19)14-7-6-13(22-2)11-16(14)23-3/h6-7,11,15,18H,4-5,8-10,12H2,1-3H3. The number of likely N-dealkylation sites (tertiary alicyclic amines) is 1. The topological polar surface area (TPSA) is 60.0 Å². The highest BCUT2D eigenvalue weighted by Crippen LogP contribution is 2.38. The number of carbonyl (C=O) groups is 1. The molecule has 1 unspecified atom stereocenters. The zero-order valence-corrected chi connectivity index (χ0v) is 14.1. The first-order chi connectivity index (χ1) is 11.2. The van der Waals surface area contributed by atoms with Gasteiger partial charge in [-0.25, -0.2) is 0 Å². The van der Waals surface area contributed by atoms with Crippen LogP contribution in [0.2, 0.25) is 0 Å². The lowest BCUT2D eigenvalue weighted by Gasteiger charge is -2.26. The molecule has 1 fully saturated rings. The minimum Gasteiger partial charge on any atom is -0.497 e. The molecule has 0 spiro atoms. The van der Waals surface area contributed by atoms with Crippen molar-refractivity contribution in [1.82, 2.24) is 10.2 Å². The van der Waals surface area contributed by atoms with Crippen LogP contribution in [-0.4, -0.2) is 58.4 Å². The molecule has 1 aliphatic rings. The fraction of sp³-hybridized carbons (Fsp3) is 0.588. The third-order valence-electron chi connectivity index (χ3n) is 4.13. The summed E-state index contributed by atoms with van der Waals surface area (Å²) in [6.07, 6.45) is 1.95. The van der Waals surface area contributed by atoms with Gasteiger partial charge in [-0.1, -0.05) is 0 Å². The van der Waals surface area contributed by atoms with Gasteiger partial charge < -0.3 is 24.4 Å². The fourth-order valence-corrected chi connectivity index (χ4v) is 2.95. The van der Waals surface area contributed by atoms with Crippen molar-refractivity contribution in [2.24, 2.45) is 0 Å². The van der Waals surface area contributed by atoms with Gasteiger partial charge in [0.05, 0.1) is 33.4 Å². The lowest BCUT2D eigenvalue weighted by atomic mass is 10.0. The molecule has 1 atom stereocenters. The summed E-state index contributed by atoms with van der Waals surface area (Å²) in [5.41, 5.74) is 1.04. The Kier molecular flexibility index (Phi) is 6.67. The molecule has 6 nitrogen and oxygen atoms in total. The largest absolute Gasteiger partial charge is 0.497 e. The van der Waals surface area contributed by atoms with Crippen molar-refractivity contribution in [1.29, 1.82) is 0 Å². The lowest BCUT2D eigenvalue weighted by molar-refractivity contribution is -0.131. The molecule has 0 bridgehead atoms. The van der Waals surface area contributed by atoms with Gasteiger partial charge in [-0.05, 0) is 25.0 Å². The SMILES string of the molecule is COCCNCC(=O)N1CCCC1c1ccc(OC)cc1OC. The summed E-state index contributed by atoms with van der Waals surface area (Å²) in [7, 11) is 4.92. The Morgan fingerprint density at radius 2 is 2.13 bits per heavy atom. The number of hydrogen-bond donors (Lipinski definition) is 1. The molecule has 1 heterocycles. The summed E-state index contributed by atoms with van der Waals surface area (Å²) in [6.45, 7) is 2.39. The van der Waals surface area contributed by atoms with E-state index >= 15 is 0 Å². The van der Waals surface area contributed by atoms with Crippen LogP contribution >= 0.6 is 0 Å². The van der Waals surface area contributed by atoms with Gasteiger partial charge in [-0.3, -0.25) is 4.79 Å². The number of carbonyl (C=O) groups excluding carboxylic acids is 1. The van der Waals surface area contributed by atoms with E-state index in [9.17, 15) is 4.79 Å². The van der Waals surface area contributed by atoms with E-state index < -0.39 is 0 Å². The molecule has 1 aliphatic heterocycles. The van der Waals surface area contributed by atoms with E-state index in [4.69, 9.17) is 14.2 Å². The first-order valence-electron chi connectivity index (χ1n) is 7.92. The highest BCUT2D eigenvalue weighted by Gasteiger charge is 2.31. The molecule has 6 heteroatoms. The Morgan fingerprint density at radius 3 is 2.83 bits per heavy atom. The van der Waals surface area contributed by atoms with E-state index in [0.717, 1.165) is 36.4 Å². The number of ether oxygens (including phenoxy) is 3. The monoisotopic (exact) mass is 322 g/mol. The van der Waals surface area contributed by atoms with Crippen molar-refractivity contribution in [2.75, 3.05) is 47.6 Å². The van der Waals surface area contributed by atoms with Crippen LogP contribution < -0.4 is 14.8 Å². The molecule has 1 N–H and O–H groups in total. The van der Waals surface area contributed by atoms with E-state index in [1.807, 2.05) is 23.1 Å². The van der Waals surface area contributed by atoms with Crippen LogP contribution in [-0.2, 0) is 9.53 Å². The Morgan fingerprint density at radius 1 is 1.30 bits per heavy atom. The molecule has 1 saturated heterocycles. The quantitative estimate of drug-likeness (QED) is 0.737. The van der Waals surface area contributed by atoms with E-state index in [-0.39, 0.29) is 11.9 Å². The predicted molar refractivity (Wildman–Crippen MR) is 88.0 cm³/mol. The van der Waals surface area contributed by atoms with Crippen LogP contribution in [0.25, 0.3) is 0 Å². The number of nitrogens with zero attached hydrogens (tertiary/aromatic N) is 1. The third-order valence-corrected chi connectivity index (χ3v) is 4.13. The summed E-state index contributed by atoms with van der Waals surface area (Å²) in [5, 5.41) is 3.11. The summed E-state index contributed by atoms with van der Waals surface area (Å²) >= 11 is 0. The Balaban J connectivity index is 2.07. The highest BCUT2D eigenvalue weighted by atomic mass is 16.5. The van der Waals surface area contributed by atoms with Gasteiger partial charge in [0.1, 0.15) is 11.5 Å². The van der Waals surface area contributed by atoms with Crippen molar-refractivity contribution < 1.29 is 19.0 Å². The van der Waals surface area contributed by atoms with Crippen molar-refractivity contribution in [3.05, 3.63) is 23.8 Å². The van der Waals surface area contributed by atoms with Gasteiger partial charge in [0.15, 0.2) is 0 Å². The lowest BCUT2D eigenvalue weighted by Crippen LogP contribution is -2.38. The fourth-order valence-electron chi connectivity index (χ4n) is 2.95. The second kappa shape index (κ2) is 8.74. The Bertz CT molecular complexity index is 521. The predicted octanol–water partition coefficient (Wildman–Crippen LogP) is 1.60. The molecule has 1 amide bonds. The number of rotatable bonds is 8. The van der Waals surface area contributed by atoms with Crippen LogP contribution in [0.1, 0.15) is 24.4 Å². The van der Waals surface area contributed by atoms with Crippen LogP contribution in [0, 0.1) is 0 Å². The number of benzene rings is 1. The molecule has 0 saturated carbocycles. The van der Waals surface area contributed by atoms with Crippen LogP contribution in [0.5, 0.6) is 11.5 Å². The van der Waals surface area contributed by atoms with Crippen molar-refractivity contribution in [3.63, 3.8) is 0 Å². The highest BCUT2D eigenvalue weighted by molar-refractivity contribution is 5.79. The average molecular weight is 322 g/mol. The molecule has 0 aromatic heterocycles. The van der Waals surface area contributed by atoms with E-state index in [1.165, 1.54) is 0 Å². The molecule has 1 aromatic rings. The van der Waals surface area contributed by atoms with E-state index in [0.29, 0.717) is 19.7 Å². The normalized spacial score (nSPS) is 17.3. The number of methoxy groups -OCH3 is 3. The first kappa shape index (κ1) is 17.6. The van der Waals surface area contributed by atoms with Crippen molar-refractivity contribution in [2.45, 2.75) is 18.9 Å². The maximum Gasteiger partial charge on any atom is 0.237 e. The van der Waals surface area contributed by atoms with Crippen LogP contribution in [0.4, 0.5) is 0 Å². The third kappa shape index (κ3) is 4.36. The maximum atomic E-state index is 12.5. The number of amides is 1. The smallest absolute Gasteiger partial charge is 0.237 e. The second-order valence-corrected chi connectivity index (χ2v) is 5.52. The summed E-state index contributed by atoms with van der Waals surface area (Å²) < 4.78 is 15.7. The van der Waals surface area contributed by atoms with Crippen molar-refractivity contribution in [3.8, 4) is 11.5 Å².